The lowest BCUT2D eigenvalue weighted by Gasteiger charge is -2.15. The van der Waals surface area contributed by atoms with Crippen molar-refractivity contribution in [3.63, 3.8) is 0 Å². The monoisotopic (exact) mass is 273 g/mol. The third-order valence-corrected chi connectivity index (χ3v) is 2.89. The Hall–Kier alpha value is -2.50. The van der Waals surface area contributed by atoms with Crippen LogP contribution in [0.15, 0.2) is 30.6 Å². The quantitative estimate of drug-likeness (QED) is 0.872. The van der Waals surface area contributed by atoms with Crippen LogP contribution in [0.5, 0.6) is 5.75 Å². The smallest absolute Gasteiger partial charge is 0.204 e. The first kappa shape index (κ1) is 13.9. The van der Waals surface area contributed by atoms with E-state index in [0.29, 0.717) is 17.4 Å². The van der Waals surface area contributed by atoms with Crippen molar-refractivity contribution in [2.24, 2.45) is 0 Å². The number of nitrogens with one attached hydrogen (secondary N) is 2. The van der Waals surface area contributed by atoms with Gasteiger partial charge in [-0.25, -0.2) is 9.97 Å². The van der Waals surface area contributed by atoms with Gasteiger partial charge in [-0.2, -0.15) is 0 Å². The minimum atomic E-state index is 0.590. The molecule has 106 valence electrons. The molecule has 1 aromatic carbocycles. The number of methoxy groups -OCH3 is 1. The van der Waals surface area contributed by atoms with Crippen LogP contribution in [0.2, 0.25) is 0 Å². The normalized spacial score (nSPS) is 10.0. The number of aromatic nitrogens is 2. The maximum atomic E-state index is 5.34. The minimum absolute atomic E-state index is 0.590. The van der Waals surface area contributed by atoms with Crippen molar-refractivity contribution < 1.29 is 4.74 Å². The van der Waals surface area contributed by atoms with Crippen LogP contribution in [-0.2, 0) is 0 Å². The van der Waals surface area contributed by atoms with Crippen LogP contribution in [0.1, 0.15) is 0 Å². The average Bonchev–Trinajstić information content (AvgIpc) is 2.47. The van der Waals surface area contributed by atoms with Crippen LogP contribution < -0.4 is 20.3 Å². The first-order chi connectivity index (χ1) is 9.65. The fourth-order valence-electron chi connectivity index (χ4n) is 1.81. The second-order valence-electron chi connectivity index (χ2n) is 4.42. The molecule has 0 atom stereocenters. The topological polar surface area (TPSA) is 62.3 Å². The molecule has 0 unspecified atom stereocenters. The standard InChI is InChI=1S/C14H19N5O/c1-15-13-12(20-4)14(17-9-16-13)18-10-5-7-11(8-6-10)19(2)3/h5-9H,1-4H3,(H2,15,16,17,18). The van der Waals surface area contributed by atoms with E-state index in [1.165, 1.54) is 6.33 Å². The Balaban J connectivity index is 2.25. The number of benzene rings is 1. The molecule has 6 nitrogen and oxygen atoms in total. The Labute approximate surface area is 118 Å². The highest BCUT2D eigenvalue weighted by Crippen LogP contribution is 2.31. The predicted molar refractivity (Wildman–Crippen MR) is 82.2 cm³/mol. The molecule has 1 heterocycles. The zero-order valence-electron chi connectivity index (χ0n) is 12.1. The summed E-state index contributed by atoms with van der Waals surface area (Å²) in [5.41, 5.74) is 2.08. The Kier molecular flexibility index (Phi) is 4.24. The number of anilines is 4. The Bertz CT molecular complexity index is 568. The number of nitrogens with zero attached hydrogens (tertiary/aromatic N) is 3. The van der Waals surface area contributed by atoms with Gasteiger partial charge in [-0.3, -0.25) is 0 Å². The van der Waals surface area contributed by atoms with Gasteiger partial charge in [0.2, 0.25) is 5.75 Å². The lowest BCUT2D eigenvalue weighted by molar-refractivity contribution is 0.415. The summed E-state index contributed by atoms with van der Waals surface area (Å²) in [6.07, 6.45) is 1.49. The van der Waals surface area contributed by atoms with E-state index in [-0.39, 0.29) is 0 Å². The van der Waals surface area contributed by atoms with E-state index in [9.17, 15) is 0 Å². The van der Waals surface area contributed by atoms with Crippen LogP contribution in [-0.4, -0.2) is 38.2 Å². The number of hydrogen-bond donors (Lipinski definition) is 2. The molecule has 0 spiro atoms. The van der Waals surface area contributed by atoms with E-state index in [2.05, 4.69) is 20.6 Å². The maximum Gasteiger partial charge on any atom is 0.204 e. The molecule has 2 rings (SSSR count). The molecular formula is C14H19N5O. The summed E-state index contributed by atoms with van der Waals surface area (Å²) in [6.45, 7) is 0. The summed E-state index contributed by atoms with van der Waals surface area (Å²) in [4.78, 5) is 10.4. The summed E-state index contributed by atoms with van der Waals surface area (Å²) in [5.74, 6) is 1.87. The summed E-state index contributed by atoms with van der Waals surface area (Å²) in [5, 5.41) is 6.20. The second kappa shape index (κ2) is 6.10. The predicted octanol–water partition coefficient (Wildman–Crippen LogP) is 2.34. The Morgan fingerprint density at radius 2 is 1.70 bits per heavy atom. The van der Waals surface area contributed by atoms with Crippen molar-refractivity contribution in [3.05, 3.63) is 30.6 Å². The Morgan fingerprint density at radius 3 is 2.25 bits per heavy atom. The molecular weight excluding hydrogens is 254 g/mol. The first-order valence-electron chi connectivity index (χ1n) is 6.27. The van der Waals surface area contributed by atoms with Gasteiger partial charge < -0.3 is 20.3 Å². The molecule has 0 aliphatic rings. The fourth-order valence-corrected chi connectivity index (χ4v) is 1.81. The van der Waals surface area contributed by atoms with Gasteiger partial charge >= 0.3 is 0 Å². The van der Waals surface area contributed by atoms with Gasteiger partial charge in [-0.05, 0) is 24.3 Å². The van der Waals surface area contributed by atoms with Crippen LogP contribution in [0, 0.1) is 0 Å². The molecule has 0 fully saturated rings. The van der Waals surface area contributed by atoms with E-state index >= 15 is 0 Å². The number of rotatable bonds is 5. The average molecular weight is 273 g/mol. The molecule has 0 aliphatic carbocycles. The molecule has 0 amide bonds. The number of hydrogen-bond acceptors (Lipinski definition) is 6. The van der Waals surface area contributed by atoms with Gasteiger partial charge in [0, 0.05) is 32.5 Å². The van der Waals surface area contributed by atoms with Gasteiger partial charge in [0.05, 0.1) is 7.11 Å². The third kappa shape index (κ3) is 2.90. The highest BCUT2D eigenvalue weighted by Gasteiger charge is 2.11. The SMILES string of the molecule is CNc1ncnc(Nc2ccc(N(C)C)cc2)c1OC. The molecule has 0 saturated heterocycles. The fraction of sp³-hybridized carbons (Fsp3) is 0.286. The summed E-state index contributed by atoms with van der Waals surface area (Å²) in [6, 6.07) is 8.07. The lowest BCUT2D eigenvalue weighted by atomic mass is 10.2. The van der Waals surface area contributed by atoms with Crippen LogP contribution in [0.25, 0.3) is 0 Å². The molecule has 2 N–H and O–H groups in total. The van der Waals surface area contributed by atoms with Gasteiger partial charge in [0.15, 0.2) is 11.6 Å². The Morgan fingerprint density at radius 1 is 1.05 bits per heavy atom. The van der Waals surface area contributed by atoms with Crippen molar-refractivity contribution in [2.45, 2.75) is 0 Å². The molecule has 0 aliphatic heterocycles. The zero-order valence-corrected chi connectivity index (χ0v) is 12.1. The van der Waals surface area contributed by atoms with E-state index < -0.39 is 0 Å². The molecule has 6 heteroatoms. The highest BCUT2D eigenvalue weighted by molar-refractivity contribution is 5.70. The molecule has 2 aromatic rings. The van der Waals surface area contributed by atoms with Crippen molar-refractivity contribution in [1.82, 2.24) is 9.97 Å². The van der Waals surface area contributed by atoms with E-state index in [1.807, 2.05) is 43.3 Å². The van der Waals surface area contributed by atoms with E-state index in [1.54, 1.807) is 14.2 Å². The molecule has 0 saturated carbocycles. The van der Waals surface area contributed by atoms with E-state index in [0.717, 1.165) is 11.4 Å². The van der Waals surface area contributed by atoms with Crippen LogP contribution in [0.3, 0.4) is 0 Å². The minimum Gasteiger partial charge on any atom is -0.490 e. The summed E-state index contributed by atoms with van der Waals surface area (Å²) < 4.78 is 5.34. The highest BCUT2D eigenvalue weighted by atomic mass is 16.5. The summed E-state index contributed by atoms with van der Waals surface area (Å²) >= 11 is 0. The largest absolute Gasteiger partial charge is 0.490 e. The van der Waals surface area contributed by atoms with Crippen molar-refractivity contribution in [3.8, 4) is 5.75 Å². The van der Waals surface area contributed by atoms with Gasteiger partial charge in [0.25, 0.3) is 0 Å². The third-order valence-electron chi connectivity index (χ3n) is 2.89. The van der Waals surface area contributed by atoms with Gasteiger partial charge in [-0.15, -0.1) is 0 Å². The van der Waals surface area contributed by atoms with Gasteiger partial charge in [0.1, 0.15) is 6.33 Å². The molecule has 0 radical (unpaired) electrons. The molecule has 20 heavy (non-hydrogen) atoms. The number of ether oxygens (including phenoxy) is 1. The van der Waals surface area contributed by atoms with Crippen LogP contribution in [0.4, 0.5) is 23.0 Å². The molecule has 0 bridgehead atoms. The first-order valence-corrected chi connectivity index (χ1v) is 6.27. The van der Waals surface area contributed by atoms with Crippen molar-refractivity contribution in [2.75, 3.05) is 43.8 Å². The lowest BCUT2D eigenvalue weighted by Crippen LogP contribution is -2.08. The second-order valence-corrected chi connectivity index (χ2v) is 4.42. The zero-order chi connectivity index (χ0) is 14.5. The van der Waals surface area contributed by atoms with E-state index in [4.69, 9.17) is 4.74 Å². The maximum absolute atomic E-state index is 5.34. The molecule has 1 aromatic heterocycles. The summed E-state index contributed by atoms with van der Waals surface area (Å²) in [7, 11) is 7.41. The van der Waals surface area contributed by atoms with Crippen molar-refractivity contribution in [1.29, 1.82) is 0 Å². The van der Waals surface area contributed by atoms with Crippen LogP contribution >= 0.6 is 0 Å². The van der Waals surface area contributed by atoms with Gasteiger partial charge in [-0.1, -0.05) is 0 Å². The van der Waals surface area contributed by atoms with Crippen molar-refractivity contribution >= 4 is 23.0 Å².